The Kier molecular flexibility index (Phi) is 6.94. The highest BCUT2D eigenvalue weighted by Gasteiger charge is 2.35. The summed E-state index contributed by atoms with van der Waals surface area (Å²) in [6.45, 7) is -1.04. The number of ether oxygens (including phenoxy) is 1. The third-order valence-electron chi connectivity index (χ3n) is 3.74. The minimum absolute atomic E-state index is 0.0937. The summed E-state index contributed by atoms with van der Waals surface area (Å²) in [5.41, 5.74) is -2.03. The maximum atomic E-state index is 14.0. The van der Waals surface area contributed by atoms with E-state index in [1.165, 1.54) is 0 Å². The van der Waals surface area contributed by atoms with E-state index in [0.29, 0.717) is 10.4 Å². The fraction of sp³-hybridized carbons (Fsp3) is 0.235. The lowest BCUT2D eigenvalue weighted by Gasteiger charge is -2.25. The summed E-state index contributed by atoms with van der Waals surface area (Å²) in [6, 6.07) is 4.85. The molecule has 2 aromatic rings. The number of nitrogens with zero attached hydrogens (tertiary/aromatic N) is 2. The van der Waals surface area contributed by atoms with Crippen molar-refractivity contribution >= 4 is 27.7 Å². The summed E-state index contributed by atoms with van der Waals surface area (Å²) in [5.74, 6) is -4.68. The monoisotopic (exact) mass is 472 g/mol. The lowest BCUT2D eigenvalue weighted by atomic mass is 10.2. The van der Waals surface area contributed by atoms with Crippen LogP contribution in [0.3, 0.4) is 0 Å². The van der Waals surface area contributed by atoms with Gasteiger partial charge in [-0.15, -0.1) is 0 Å². The first-order chi connectivity index (χ1) is 13.8. The van der Waals surface area contributed by atoms with Crippen molar-refractivity contribution in [3.8, 4) is 5.75 Å². The van der Waals surface area contributed by atoms with Crippen LogP contribution in [0.1, 0.15) is 15.9 Å². The molecule has 0 spiro atoms. The molecular weight excluding hydrogens is 459 g/mol. The van der Waals surface area contributed by atoms with E-state index >= 15 is 0 Å². The van der Waals surface area contributed by atoms with Crippen molar-refractivity contribution in [2.75, 3.05) is 20.8 Å². The zero-order valence-electron chi connectivity index (χ0n) is 15.4. The molecule has 1 amide bonds. The number of benzene rings is 2. The largest absolute Gasteiger partial charge is 0.472 e. The van der Waals surface area contributed by atoms with Crippen LogP contribution < -0.4 is 4.74 Å². The van der Waals surface area contributed by atoms with Crippen molar-refractivity contribution in [1.29, 1.82) is 0 Å². The first-order valence-electron chi connectivity index (χ1n) is 7.95. The second-order valence-electron chi connectivity index (χ2n) is 5.96. The first-order valence-corrected chi connectivity index (χ1v) is 9.72. The van der Waals surface area contributed by atoms with Crippen LogP contribution in [-0.2, 0) is 16.4 Å². The van der Waals surface area contributed by atoms with Gasteiger partial charge < -0.3 is 4.74 Å². The van der Waals surface area contributed by atoms with Gasteiger partial charge in [0.15, 0.2) is 18.4 Å². The van der Waals surface area contributed by atoms with Crippen LogP contribution in [0.2, 0.25) is 5.02 Å². The fourth-order valence-electron chi connectivity index (χ4n) is 2.18. The van der Waals surface area contributed by atoms with Gasteiger partial charge in [-0.3, -0.25) is 4.79 Å². The van der Waals surface area contributed by atoms with Gasteiger partial charge in [0.1, 0.15) is 5.75 Å². The predicted octanol–water partition coefficient (Wildman–Crippen LogP) is 3.92. The van der Waals surface area contributed by atoms with E-state index in [1.807, 2.05) is 0 Å². The van der Waals surface area contributed by atoms with Crippen molar-refractivity contribution in [2.24, 2.45) is 0 Å². The van der Waals surface area contributed by atoms with E-state index in [1.54, 1.807) is 0 Å². The molecule has 164 valence electrons. The smallest absolute Gasteiger partial charge is 0.417 e. The van der Waals surface area contributed by atoms with Crippen LogP contribution in [0.5, 0.6) is 5.75 Å². The molecule has 2 aromatic carbocycles. The Bertz CT molecular complexity index is 1060. The van der Waals surface area contributed by atoms with Crippen LogP contribution in [0.25, 0.3) is 0 Å². The molecule has 0 heterocycles. The molecule has 0 bridgehead atoms. The molecule has 0 aliphatic heterocycles. The van der Waals surface area contributed by atoms with Crippen LogP contribution >= 0.6 is 11.6 Å². The van der Waals surface area contributed by atoms with Gasteiger partial charge in [-0.05, 0) is 30.3 Å². The summed E-state index contributed by atoms with van der Waals surface area (Å²) < 4.78 is 96.5. The minimum atomic E-state index is -4.72. The molecule has 2 rings (SSSR count). The molecule has 0 unspecified atom stereocenters. The van der Waals surface area contributed by atoms with E-state index in [4.69, 9.17) is 16.3 Å². The summed E-state index contributed by atoms with van der Waals surface area (Å²) in [6.07, 6.45) is -4.72. The maximum absolute atomic E-state index is 14.0. The minimum Gasteiger partial charge on any atom is -0.472 e. The van der Waals surface area contributed by atoms with Gasteiger partial charge in [-0.1, -0.05) is 17.7 Å². The van der Waals surface area contributed by atoms with E-state index in [0.717, 1.165) is 44.4 Å². The predicted molar refractivity (Wildman–Crippen MR) is 97.1 cm³/mol. The number of hydrogen-bond donors (Lipinski definition) is 0. The second kappa shape index (κ2) is 8.74. The third kappa shape index (κ3) is 4.99. The summed E-state index contributed by atoms with van der Waals surface area (Å²) in [4.78, 5) is 12.6. The molecule has 0 radical (unpaired) electrons. The average Bonchev–Trinajstić information content (AvgIpc) is 2.62. The molecule has 0 saturated carbocycles. The molecule has 0 fully saturated rings. The van der Waals surface area contributed by atoms with Gasteiger partial charge >= 0.3 is 16.4 Å². The molecular formula is C17H14ClF5N2O4S. The lowest BCUT2D eigenvalue weighted by Crippen LogP contribution is -2.46. The van der Waals surface area contributed by atoms with Gasteiger partial charge in [0.2, 0.25) is 0 Å². The second-order valence-corrected chi connectivity index (χ2v) is 8.43. The normalized spacial score (nSPS) is 12.2. The number of alkyl halides is 3. The number of carbonyl (C=O) groups is 1. The highest BCUT2D eigenvalue weighted by Crippen LogP contribution is 2.36. The molecule has 0 aromatic heterocycles. The Hall–Kier alpha value is -2.44. The van der Waals surface area contributed by atoms with Crippen LogP contribution in [0, 0.1) is 11.6 Å². The van der Waals surface area contributed by atoms with E-state index in [2.05, 4.69) is 0 Å². The standard InChI is InChI=1S/C17H14ClF5N2O4S/c1-24(2)30(27,28)25(16(26)11-4-3-5-14(19)15(11)20)9-29-10-6-7-12(13(18)8-10)17(21,22)23/h3-8H,9H2,1-2H3. The Balaban J connectivity index is 2.37. The van der Waals surface area contributed by atoms with Crippen LogP contribution in [-0.4, -0.2) is 43.8 Å². The van der Waals surface area contributed by atoms with E-state index in [-0.39, 0.29) is 10.1 Å². The van der Waals surface area contributed by atoms with Gasteiger partial charge in [0, 0.05) is 14.1 Å². The van der Waals surface area contributed by atoms with Gasteiger partial charge in [0.25, 0.3) is 5.91 Å². The molecule has 0 N–H and O–H groups in total. The quantitative estimate of drug-likeness (QED) is 0.472. The third-order valence-corrected chi connectivity index (χ3v) is 5.81. The highest BCUT2D eigenvalue weighted by atomic mass is 35.5. The van der Waals surface area contributed by atoms with E-state index < -0.39 is 56.8 Å². The Labute approximate surface area is 173 Å². The van der Waals surface area contributed by atoms with Crippen molar-refractivity contribution < 1.29 is 39.9 Å². The Morgan fingerprint density at radius 2 is 1.77 bits per heavy atom. The number of carbonyl (C=O) groups excluding carboxylic acids is 1. The number of amides is 1. The fourth-order valence-corrected chi connectivity index (χ4v) is 3.34. The molecule has 6 nitrogen and oxygen atoms in total. The van der Waals surface area contributed by atoms with Crippen molar-refractivity contribution in [2.45, 2.75) is 6.18 Å². The van der Waals surface area contributed by atoms with Gasteiger partial charge in [0.05, 0.1) is 16.1 Å². The summed E-state index contributed by atoms with van der Waals surface area (Å²) in [7, 11) is -2.39. The van der Waals surface area contributed by atoms with Crippen molar-refractivity contribution in [1.82, 2.24) is 8.61 Å². The Morgan fingerprint density at radius 3 is 2.30 bits per heavy atom. The number of rotatable bonds is 6. The Morgan fingerprint density at radius 1 is 1.13 bits per heavy atom. The molecule has 0 atom stereocenters. The topological polar surface area (TPSA) is 66.9 Å². The van der Waals surface area contributed by atoms with Crippen molar-refractivity contribution in [3.63, 3.8) is 0 Å². The number of halogens is 6. The molecule has 0 saturated heterocycles. The zero-order chi connectivity index (χ0) is 22.9. The molecule has 0 aliphatic carbocycles. The molecule has 0 aliphatic rings. The van der Waals surface area contributed by atoms with Crippen LogP contribution in [0.4, 0.5) is 22.0 Å². The molecule has 30 heavy (non-hydrogen) atoms. The summed E-state index contributed by atoms with van der Waals surface area (Å²) >= 11 is 5.57. The lowest BCUT2D eigenvalue weighted by molar-refractivity contribution is -0.137. The number of hydrogen-bond acceptors (Lipinski definition) is 4. The van der Waals surface area contributed by atoms with Crippen molar-refractivity contribution in [3.05, 3.63) is 64.2 Å². The zero-order valence-corrected chi connectivity index (χ0v) is 16.9. The van der Waals surface area contributed by atoms with E-state index in [9.17, 15) is 35.2 Å². The first kappa shape index (κ1) is 23.8. The summed E-state index contributed by atoms with van der Waals surface area (Å²) in [5, 5.41) is -0.718. The SMILES string of the molecule is CN(C)S(=O)(=O)N(COc1ccc(C(F)(F)F)c(Cl)c1)C(=O)c1cccc(F)c1F. The highest BCUT2D eigenvalue weighted by molar-refractivity contribution is 7.87. The maximum Gasteiger partial charge on any atom is 0.417 e. The average molecular weight is 473 g/mol. The van der Waals surface area contributed by atoms with Crippen LogP contribution in [0.15, 0.2) is 36.4 Å². The molecule has 13 heteroatoms. The van der Waals surface area contributed by atoms with Gasteiger partial charge in [-0.25, -0.2) is 8.78 Å². The van der Waals surface area contributed by atoms with Gasteiger partial charge in [-0.2, -0.15) is 30.2 Å².